The van der Waals surface area contributed by atoms with Gasteiger partial charge < -0.3 is 29.4 Å². The predicted molar refractivity (Wildman–Crippen MR) is 82.7 cm³/mol. The van der Waals surface area contributed by atoms with Gasteiger partial charge in [0.25, 0.3) is 0 Å². The number of ether oxygens (including phenoxy) is 1. The van der Waals surface area contributed by atoms with Crippen LogP contribution < -0.4 is 15.1 Å². The first-order valence-electron chi connectivity index (χ1n) is 6.67. The molecule has 0 unspecified atom stereocenters. The lowest BCUT2D eigenvalue weighted by Gasteiger charge is -2.09. The number of rotatable bonds is 3. The molecule has 124 valence electrons. The van der Waals surface area contributed by atoms with E-state index in [0.717, 1.165) is 0 Å². The van der Waals surface area contributed by atoms with E-state index in [-0.39, 0.29) is 39.5 Å². The minimum absolute atomic E-state index is 0.0100. The lowest BCUT2D eigenvalue weighted by atomic mass is 10.1. The number of hydrogen-bond acceptors (Lipinski definition) is 8. The lowest BCUT2D eigenvalue weighted by molar-refractivity contribution is -0.139. The maximum absolute atomic E-state index is 12.3. The van der Waals surface area contributed by atoms with Crippen molar-refractivity contribution in [2.45, 2.75) is 0 Å². The standard InChI is InChI=1S/C16H12O8/c1-22-8-5-10(18)13-12(6-8)23-16(15(20)14(13)19)7-2-3-9(17)11(4-7)24-21/h2-6,17-18,20-21H,1H3. The molecule has 0 aliphatic carbocycles. The Bertz CT molecular complexity index is 990. The highest BCUT2D eigenvalue weighted by Gasteiger charge is 2.20. The van der Waals surface area contributed by atoms with Crippen LogP contribution in [0.1, 0.15) is 0 Å². The Morgan fingerprint density at radius 3 is 2.46 bits per heavy atom. The summed E-state index contributed by atoms with van der Waals surface area (Å²) in [5, 5.41) is 38.1. The second-order valence-corrected chi connectivity index (χ2v) is 4.90. The number of fused-ring (bicyclic) bond motifs is 1. The van der Waals surface area contributed by atoms with Crippen molar-refractivity contribution in [3.63, 3.8) is 0 Å². The Hall–Kier alpha value is -3.39. The van der Waals surface area contributed by atoms with Crippen molar-refractivity contribution >= 4 is 11.0 Å². The van der Waals surface area contributed by atoms with Gasteiger partial charge in [-0.05, 0) is 18.2 Å². The summed E-state index contributed by atoms with van der Waals surface area (Å²) < 4.78 is 10.5. The third kappa shape index (κ3) is 2.34. The van der Waals surface area contributed by atoms with Gasteiger partial charge in [-0.25, -0.2) is 5.26 Å². The number of benzene rings is 2. The van der Waals surface area contributed by atoms with E-state index >= 15 is 0 Å². The van der Waals surface area contributed by atoms with Crippen LogP contribution >= 0.6 is 0 Å². The van der Waals surface area contributed by atoms with Crippen LogP contribution in [0.4, 0.5) is 0 Å². The SMILES string of the molecule is COc1cc(O)c2c(=O)c(O)c(-c3ccc(O)c(OO)c3)oc2c1. The summed E-state index contributed by atoms with van der Waals surface area (Å²) in [6.07, 6.45) is 0. The molecule has 0 aliphatic heterocycles. The molecule has 0 saturated carbocycles. The van der Waals surface area contributed by atoms with Crippen LogP contribution in [-0.2, 0) is 0 Å². The van der Waals surface area contributed by atoms with E-state index in [4.69, 9.17) is 14.4 Å². The molecule has 3 aromatic rings. The van der Waals surface area contributed by atoms with Crippen molar-refractivity contribution in [1.82, 2.24) is 0 Å². The molecule has 1 aromatic heterocycles. The first-order valence-corrected chi connectivity index (χ1v) is 6.67. The van der Waals surface area contributed by atoms with Crippen molar-refractivity contribution in [2.24, 2.45) is 0 Å². The van der Waals surface area contributed by atoms with E-state index < -0.39 is 16.9 Å². The molecular formula is C16H12O8. The van der Waals surface area contributed by atoms with Crippen LogP contribution in [0.3, 0.4) is 0 Å². The minimum Gasteiger partial charge on any atom is -0.507 e. The van der Waals surface area contributed by atoms with Gasteiger partial charge in [-0.3, -0.25) is 4.79 Å². The zero-order chi connectivity index (χ0) is 17.4. The summed E-state index contributed by atoms with van der Waals surface area (Å²) in [6.45, 7) is 0. The third-order valence-electron chi connectivity index (χ3n) is 3.48. The van der Waals surface area contributed by atoms with Gasteiger partial charge in [0.2, 0.25) is 16.9 Å². The zero-order valence-electron chi connectivity index (χ0n) is 12.3. The summed E-state index contributed by atoms with van der Waals surface area (Å²) in [6, 6.07) is 6.30. The molecule has 8 heteroatoms. The highest BCUT2D eigenvalue weighted by molar-refractivity contribution is 5.88. The molecule has 2 aromatic carbocycles. The van der Waals surface area contributed by atoms with Crippen molar-refractivity contribution in [3.05, 3.63) is 40.6 Å². The number of methoxy groups -OCH3 is 1. The largest absolute Gasteiger partial charge is 0.507 e. The van der Waals surface area contributed by atoms with E-state index in [2.05, 4.69) is 4.89 Å². The van der Waals surface area contributed by atoms with Gasteiger partial charge in [0.15, 0.2) is 11.5 Å². The summed E-state index contributed by atoms with van der Waals surface area (Å²) >= 11 is 0. The first kappa shape index (κ1) is 15.5. The molecule has 8 nitrogen and oxygen atoms in total. The van der Waals surface area contributed by atoms with Gasteiger partial charge in [0.05, 0.1) is 7.11 Å². The fourth-order valence-corrected chi connectivity index (χ4v) is 2.31. The average molecular weight is 332 g/mol. The summed E-state index contributed by atoms with van der Waals surface area (Å²) in [4.78, 5) is 16.3. The normalized spacial score (nSPS) is 10.8. The molecule has 3 rings (SSSR count). The highest BCUT2D eigenvalue weighted by Crippen LogP contribution is 2.38. The predicted octanol–water partition coefficient (Wildman–Crippen LogP) is 2.44. The van der Waals surface area contributed by atoms with Gasteiger partial charge in [-0.15, -0.1) is 0 Å². The van der Waals surface area contributed by atoms with Crippen LogP contribution in [0.5, 0.6) is 28.7 Å². The van der Waals surface area contributed by atoms with Crippen LogP contribution in [-0.4, -0.2) is 27.7 Å². The monoisotopic (exact) mass is 332 g/mol. The molecule has 0 radical (unpaired) electrons. The van der Waals surface area contributed by atoms with E-state index in [9.17, 15) is 20.1 Å². The molecule has 0 fully saturated rings. The van der Waals surface area contributed by atoms with E-state index in [1.165, 1.54) is 37.4 Å². The van der Waals surface area contributed by atoms with Crippen LogP contribution in [0.2, 0.25) is 0 Å². The fraction of sp³-hybridized carbons (Fsp3) is 0.0625. The molecule has 0 aliphatic rings. The van der Waals surface area contributed by atoms with Crippen LogP contribution in [0.15, 0.2) is 39.5 Å². The topological polar surface area (TPSA) is 130 Å². The maximum Gasteiger partial charge on any atom is 0.238 e. The van der Waals surface area contributed by atoms with Crippen molar-refractivity contribution in [2.75, 3.05) is 7.11 Å². The Morgan fingerprint density at radius 1 is 1.04 bits per heavy atom. The molecule has 4 N–H and O–H groups in total. The summed E-state index contributed by atoms with van der Waals surface area (Å²) in [5.41, 5.74) is -0.689. The first-order chi connectivity index (χ1) is 11.5. The number of aromatic hydroxyl groups is 3. The van der Waals surface area contributed by atoms with Gasteiger partial charge in [-0.1, -0.05) is 0 Å². The quantitative estimate of drug-likeness (QED) is 0.425. The van der Waals surface area contributed by atoms with E-state index in [1.807, 2.05) is 0 Å². The van der Waals surface area contributed by atoms with Crippen LogP contribution in [0.25, 0.3) is 22.3 Å². The van der Waals surface area contributed by atoms with Gasteiger partial charge in [-0.2, -0.15) is 0 Å². The second-order valence-electron chi connectivity index (χ2n) is 4.90. The maximum atomic E-state index is 12.3. The Balaban J connectivity index is 2.33. The molecule has 24 heavy (non-hydrogen) atoms. The minimum atomic E-state index is -0.842. The molecule has 0 bridgehead atoms. The summed E-state index contributed by atoms with van der Waals surface area (Å²) in [7, 11) is 1.38. The van der Waals surface area contributed by atoms with Gasteiger partial charge in [0.1, 0.15) is 22.5 Å². The summed E-state index contributed by atoms with van der Waals surface area (Å²) in [5.74, 6) is -1.74. The fourth-order valence-electron chi connectivity index (χ4n) is 2.31. The molecule has 0 spiro atoms. The highest BCUT2D eigenvalue weighted by atomic mass is 17.1. The molecule has 0 atom stereocenters. The lowest BCUT2D eigenvalue weighted by Crippen LogP contribution is -2.03. The van der Waals surface area contributed by atoms with Gasteiger partial charge in [0, 0.05) is 17.7 Å². The third-order valence-corrected chi connectivity index (χ3v) is 3.48. The molecular weight excluding hydrogens is 320 g/mol. The Labute approximate surface area is 134 Å². The number of phenolic OH excluding ortho intramolecular Hbond substituents is 2. The smallest absolute Gasteiger partial charge is 0.238 e. The van der Waals surface area contributed by atoms with Crippen molar-refractivity contribution in [3.8, 4) is 40.1 Å². The second kappa shape index (κ2) is 5.67. The Kier molecular flexibility index (Phi) is 3.66. The van der Waals surface area contributed by atoms with Crippen molar-refractivity contribution in [1.29, 1.82) is 0 Å². The van der Waals surface area contributed by atoms with Crippen molar-refractivity contribution < 1.29 is 34.6 Å². The zero-order valence-corrected chi connectivity index (χ0v) is 12.3. The molecule has 0 amide bonds. The van der Waals surface area contributed by atoms with Crippen LogP contribution in [0, 0.1) is 0 Å². The number of hydrogen-bond donors (Lipinski definition) is 4. The van der Waals surface area contributed by atoms with E-state index in [0.29, 0.717) is 0 Å². The average Bonchev–Trinajstić information content (AvgIpc) is 2.58. The number of phenols is 2. The Morgan fingerprint density at radius 2 is 1.79 bits per heavy atom. The van der Waals surface area contributed by atoms with E-state index in [1.54, 1.807) is 0 Å². The van der Waals surface area contributed by atoms with Gasteiger partial charge >= 0.3 is 0 Å². The molecule has 1 heterocycles. The molecule has 0 saturated heterocycles.